The van der Waals surface area contributed by atoms with Crippen molar-refractivity contribution in [1.82, 2.24) is 4.98 Å². The van der Waals surface area contributed by atoms with Crippen molar-refractivity contribution < 1.29 is 19.1 Å². The lowest BCUT2D eigenvalue weighted by Crippen LogP contribution is -2.44. The van der Waals surface area contributed by atoms with E-state index in [0.717, 1.165) is 6.07 Å². The maximum absolute atomic E-state index is 13.3. The quantitative estimate of drug-likeness (QED) is 0.652. The summed E-state index contributed by atoms with van der Waals surface area (Å²) < 4.78 is 13.3. The average molecular weight is 298 g/mol. The molecule has 0 saturated heterocycles. The number of halogens is 2. The molecule has 1 aromatic rings. The minimum absolute atomic E-state index is 0.0434. The van der Waals surface area contributed by atoms with E-state index in [1.165, 1.54) is 0 Å². The second-order valence-electron chi connectivity index (χ2n) is 4.28. The second-order valence-corrected chi connectivity index (χ2v) is 4.64. The Morgan fingerprint density at radius 2 is 2.35 bits per heavy atom. The monoisotopic (exact) mass is 297 g/mol. The number of aliphatic carboxylic acids is 1. The van der Waals surface area contributed by atoms with Crippen molar-refractivity contribution in [2.75, 3.05) is 5.32 Å². The van der Waals surface area contributed by atoms with Crippen LogP contribution in [0, 0.1) is 23.1 Å². The van der Waals surface area contributed by atoms with Crippen LogP contribution < -0.4 is 5.32 Å². The molecule has 20 heavy (non-hydrogen) atoms. The summed E-state index contributed by atoms with van der Waals surface area (Å²) in [6.45, 7) is 0. The zero-order valence-electron chi connectivity index (χ0n) is 10.1. The molecule has 6 nitrogen and oxygen atoms in total. The van der Waals surface area contributed by atoms with Gasteiger partial charge in [0.1, 0.15) is 11.7 Å². The number of carbonyl (C=O) groups is 2. The fourth-order valence-electron chi connectivity index (χ4n) is 2.12. The van der Waals surface area contributed by atoms with Gasteiger partial charge in [-0.1, -0.05) is 11.6 Å². The first-order chi connectivity index (χ1) is 9.45. The number of hydrogen-bond acceptors (Lipinski definition) is 5. The highest BCUT2D eigenvalue weighted by Gasteiger charge is 2.41. The first kappa shape index (κ1) is 14.2. The molecule has 0 bridgehead atoms. The zero-order chi connectivity index (χ0) is 14.9. The minimum atomic E-state index is -1.38. The molecule has 2 N–H and O–H groups in total. The maximum atomic E-state index is 13.3. The van der Waals surface area contributed by atoms with Gasteiger partial charge in [-0.05, 0) is 12.5 Å². The second kappa shape index (κ2) is 5.43. The average Bonchev–Trinajstić information content (AvgIpc) is 2.38. The smallest absolute Gasteiger partial charge is 0.316 e. The standard InChI is InChI=1S/C12H9ClFN3O3/c13-10-6(14)4-5-9(18)8(12(19)20)7(2-1-3-15)16-11(5)17-10/h4,7-8H,1-2H2,(H,16,17)(H,19,20). The molecule has 0 fully saturated rings. The number of nitrogens with zero attached hydrogens (tertiary/aromatic N) is 2. The molecule has 8 heteroatoms. The molecule has 2 rings (SSSR count). The molecule has 0 aromatic carbocycles. The summed E-state index contributed by atoms with van der Waals surface area (Å²) >= 11 is 5.54. The van der Waals surface area contributed by atoms with Crippen molar-refractivity contribution in [3.05, 3.63) is 22.6 Å². The number of ketones is 1. The highest BCUT2D eigenvalue weighted by atomic mass is 35.5. The molecule has 0 amide bonds. The highest BCUT2D eigenvalue weighted by molar-refractivity contribution is 6.30. The molecule has 0 aliphatic carbocycles. The predicted octanol–water partition coefficient (Wildman–Crippen LogP) is 1.86. The number of Topliss-reactive ketones (excluding diaryl/α,β-unsaturated/α-hetero) is 1. The van der Waals surface area contributed by atoms with Crippen LogP contribution in [0.5, 0.6) is 0 Å². The summed E-state index contributed by atoms with van der Waals surface area (Å²) in [5.41, 5.74) is -0.146. The Labute approximate surface area is 118 Å². The molecule has 0 saturated carbocycles. The molecule has 1 aromatic heterocycles. The Balaban J connectivity index is 2.45. The lowest BCUT2D eigenvalue weighted by atomic mass is 9.85. The van der Waals surface area contributed by atoms with Crippen molar-refractivity contribution in [2.45, 2.75) is 18.9 Å². The summed E-state index contributed by atoms with van der Waals surface area (Å²) in [6, 6.07) is 1.98. The Morgan fingerprint density at radius 1 is 1.65 bits per heavy atom. The number of carbonyl (C=O) groups excluding carboxylic acids is 1. The van der Waals surface area contributed by atoms with Gasteiger partial charge in [0.05, 0.1) is 11.6 Å². The number of nitrogens with one attached hydrogen (secondary N) is 1. The van der Waals surface area contributed by atoms with Crippen LogP contribution >= 0.6 is 11.6 Å². The summed E-state index contributed by atoms with van der Waals surface area (Å²) in [7, 11) is 0. The van der Waals surface area contributed by atoms with Gasteiger partial charge in [-0.2, -0.15) is 5.26 Å². The largest absolute Gasteiger partial charge is 0.481 e. The van der Waals surface area contributed by atoms with Gasteiger partial charge in [0.25, 0.3) is 0 Å². The molecule has 2 atom stereocenters. The van der Waals surface area contributed by atoms with Crippen LogP contribution in [-0.4, -0.2) is 27.9 Å². The molecule has 1 aliphatic rings. The first-order valence-corrected chi connectivity index (χ1v) is 6.10. The normalized spacial score (nSPS) is 20.8. The van der Waals surface area contributed by atoms with Gasteiger partial charge in [0, 0.05) is 12.5 Å². The predicted molar refractivity (Wildman–Crippen MR) is 66.9 cm³/mol. The van der Waals surface area contributed by atoms with Crippen LogP contribution in [0.4, 0.5) is 10.2 Å². The van der Waals surface area contributed by atoms with Crippen molar-refractivity contribution in [1.29, 1.82) is 5.26 Å². The number of aromatic nitrogens is 1. The van der Waals surface area contributed by atoms with Crippen LogP contribution in [-0.2, 0) is 4.79 Å². The van der Waals surface area contributed by atoms with Crippen molar-refractivity contribution in [2.24, 2.45) is 5.92 Å². The molecule has 2 heterocycles. The summed E-state index contributed by atoms with van der Waals surface area (Å²) in [4.78, 5) is 27.1. The number of rotatable bonds is 3. The molecule has 104 valence electrons. The fourth-order valence-corrected chi connectivity index (χ4v) is 2.26. The van der Waals surface area contributed by atoms with Gasteiger partial charge < -0.3 is 10.4 Å². The van der Waals surface area contributed by atoms with Gasteiger partial charge in [0.15, 0.2) is 16.8 Å². The number of hydrogen-bond donors (Lipinski definition) is 2. The number of fused-ring (bicyclic) bond motifs is 1. The lowest BCUT2D eigenvalue weighted by Gasteiger charge is -2.30. The molecule has 2 unspecified atom stereocenters. The van der Waals surface area contributed by atoms with Crippen LogP contribution in [0.25, 0.3) is 0 Å². The van der Waals surface area contributed by atoms with Gasteiger partial charge in [-0.3, -0.25) is 9.59 Å². The Hall–Kier alpha value is -2.20. The molecular formula is C12H9ClFN3O3. The third-order valence-corrected chi connectivity index (χ3v) is 3.30. The number of nitriles is 1. The highest BCUT2D eigenvalue weighted by Crippen LogP contribution is 2.31. The Bertz CT molecular complexity index is 629. The lowest BCUT2D eigenvalue weighted by molar-refractivity contribution is -0.140. The Kier molecular flexibility index (Phi) is 3.86. The van der Waals surface area contributed by atoms with E-state index in [1.54, 1.807) is 0 Å². The number of pyridine rings is 1. The van der Waals surface area contributed by atoms with E-state index >= 15 is 0 Å². The van der Waals surface area contributed by atoms with Crippen molar-refractivity contribution in [3.8, 4) is 6.07 Å². The van der Waals surface area contributed by atoms with Crippen LogP contribution in [0.3, 0.4) is 0 Å². The number of carboxylic acid groups (broad SMARTS) is 1. The maximum Gasteiger partial charge on any atom is 0.316 e. The van der Waals surface area contributed by atoms with Gasteiger partial charge in [-0.15, -0.1) is 0 Å². The van der Waals surface area contributed by atoms with E-state index in [0.29, 0.717) is 0 Å². The van der Waals surface area contributed by atoms with E-state index < -0.39 is 34.7 Å². The van der Waals surface area contributed by atoms with Crippen LogP contribution in [0.1, 0.15) is 23.2 Å². The van der Waals surface area contributed by atoms with E-state index in [1.807, 2.05) is 6.07 Å². The third kappa shape index (κ3) is 2.42. The summed E-state index contributed by atoms with van der Waals surface area (Å²) in [6.07, 6.45) is 0.244. The van der Waals surface area contributed by atoms with Gasteiger partial charge in [-0.25, -0.2) is 9.37 Å². The first-order valence-electron chi connectivity index (χ1n) is 5.72. The van der Waals surface area contributed by atoms with Crippen molar-refractivity contribution >= 4 is 29.2 Å². The van der Waals surface area contributed by atoms with E-state index in [-0.39, 0.29) is 24.2 Å². The molecule has 1 aliphatic heterocycles. The van der Waals surface area contributed by atoms with Crippen LogP contribution in [0.15, 0.2) is 6.07 Å². The van der Waals surface area contributed by atoms with E-state index in [2.05, 4.69) is 10.3 Å². The molecular weight excluding hydrogens is 289 g/mol. The summed E-state index contributed by atoms with van der Waals surface area (Å²) in [5, 5.41) is 20.1. The minimum Gasteiger partial charge on any atom is -0.481 e. The number of carboxylic acids is 1. The van der Waals surface area contributed by atoms with E-state index in [4.69, 9.17) is 22.0 Å². The van der Waals surface area contributed by atoms with Crippen molar-refractivity contribution in [3.63, 3.8) is 0 Å². The van der Waals surface area contributed by atoms with Gasteiger partial charge in [0.2, 0.25) is 0 Å². The third-order valence-electron chi connectivity index (χ3n) is 3.04. The topological polar surface area (TPSA) is 103 Å². The SMILES string of the molecule is N#CCCC1Nc2nc(Cl)c(F)cc2C(=O)C1C(=O)O. The fraction of sp³-hybridized carbons (Fsp3) is 0.333. The molecule has 0 spiro atoms. The summed E-state index contributed by atoms with van der Waals surface area (Å²) in [5.74, 6) is -4.29. The van der Waals surface area contributed by atoms with Crippen LogP contribution in [0.2, 0.25) is 5.15 Å². The number of anilines is 1. The van der Waals surface area contributed by atoms with Gasteiger partial charge >= 0.3 is 5.97 Å². The zero-order valence-corrected chi connectivity index (χ0v) is 10.8. The molecule has 0 radical (unpaired) electrons. The van der Waals surface area contributed by atoms with E-state index in [9.17, 15) is 14.0 Å². The Morgan fingerprint density at radius 3 is 2.95 bits per heavy atom.